The molecule has 0 amide bonds. The Labute approximate surface area is 62.4 Å². The standard InChI is InChI=1S/C6H12BFN2/c1-9-2-3-10(7)5-6(8)4-9/h6H,2-5H2,1H3. The first-order valence-corrected chi connectivity index (χ1v) is 3.51. The highest BCUT2D eigenvalue weighted by molar-refractivity contribution is 6.04. The average molecular weight is 142 g/mol. The van der Waals surface area contributed by atoms with E-state index in [-0.39, 0.29) is 0 Å². The molecule has 2 radical (unpaired) electrons. The lowest BCUT2D eigenvalue weighted by Crippen LogP contribution is -2.28. The van der Waals surface area contributed by atoms with Crippen LogP contribution in [0.2, 0.25) is 0 Å². The van der Waals surface area contributed by atoms with E-state index in [2.05, 4.69) is 0 Å². The van der Waals surface area contributed by atoms with Gasteiger partial charge in [0, 0.05) is 19.6 Å². The van der Waals surface area contributed by atoms with Gasteiger partial charge in [0.2, 0.25) is 0 Å². The van der Waals surface area contributed by atoms with Gasteiger partial charge in [0.25, 0.3) is 0 Å². The zero-order chi connectivity index (χ0) is 7.56. The molecule has 0 N–H and O–H groups in total. The highest BCUT2D eigenvalue weighted by Gasteiger charge is 2.16. The molecule has 1 unspecified atom stereocenters. The van der Waals surface area contributed by atoms with Crippen molar-refractivity contribution < 1.29 is 4.39 Å². The molecule has 1 fully saturated rings. The third-order valence-electron chi connectivity index (χ3n) is 1.71. The maximum absolute atomic E-state index is 12.8. The van der Waals surface area contributed by atoms with Gasteiger partial charge in [-0.1, -0.05) is 0 Å². The van der Waals surface area contributed by atoms with Gasteiger partial charge < -0.3 is 9.71 Å². The fraction of sp³-hybridized carbons (Fsp3) is 1.00. The SMILES string of the molecule is [B]N1CCN(C)CC(F)C1. The molecule has 0 aromatic rings. The van der Waals surface area contributed by atoms with E-state index in [9.17, 15) is 4.39 Å². The lowest BCUT2D eigenvalue weighted by molar-refractivity contribution is 0.240. The van der Waals surface area contributed by atoms with E-state index >= 15 is 0 Å². The van der Waals surface area contributed by atoms with Crippen molar-refractivity contribution in [2.45, 2.75) is 6.17 Å². The Bertz CT molecular complexity index is 99.9. The summed E-state index contributed by atoms with van der Waals surface area (Å²) in [6, 6.07) is 0. The molecule has 1 atom stereocenters. The summed E-state index contributed by atoms with van der Waals surface area (Å²) in [6.45, 7) is 2.49. The van der Waals surface area contributed by atoms with Crippen LogP contribution in [0.3, 0.4) is 0 Å². The van der Waals surface area contributed by atoms with Crippen molar-refractivity contribution >= 4 is 7.98 Å². The first kappa shape index (κ1) is 8.02. The van der Waals surface area contributed by atoms with Gasteiger partial charge in [0.05, 0.1) is 0 Å². The minimum Gasteiger partial charge on any atom is -0.350 e. The van der Waals surface area contributed by atoms with Crippen LogP contribution < -0.4 is 0 Å². The van der Waals surface area contributed by atoms with Crippen LogP contribution in [-0.2, 0) is 0 Å². The summed E-state index contributed by atoms with van der Waals surface area (Å²) in [4.78, 5) is 3.49. The summed E-state index contributed by atoms with van der Waals surface area (Å²) >= 11 is 0. The zero-order valence-corrected chi connectivity index (χ0v) is 6.26. The summed E-state index contributed by atoms with van der Waals surface area (Å²) < 4.78 is 12.8. The topological polar surface area (TPSA) is 6.48 Å². The highest BCUT2D eigenvalue weighted by atomic mass is 19.1. The third kappa shape index (κ3) is 2.27. The summed E-state index contributed by atoms with van der Waals surface area (Å²) in [6.07, 6.45) is -0.794. The Morgan fingerprint density at radius 2 is 2.10 bits per heavy atom. The summed E-state index contributed by atoms with van der Waals surface area (Å²) in [5, 5.41) is 0. The van der Waals surface area contributed by atoms with E-state index in [0.717, 1.165) is 13.1 Å². The quantitative estimate of drug-likeness (QED) is 0.426. The maximum Gasteiger partial charge on any atom is 0.182 e. The van der Waals surface area contributed by atoms with Crippen LogP contribution in [0.15, 0.2) is 0 Å². The number of halogens is 1. The average Bonchev–Trinajstić information content (AvgIpc) is 1.93. The Hall–Kier alpha value is -0.0851. The van der Waals surface area contributed by atoms with Gasteiger partial charge in [-0.15, -0.1) is 0 Å². The molecule has 0 saturated carbocycles. The van der Waals surface area contributed by atoms with Gasteiger partial charge in [-0.3, -0.25) is 0 Å². The van der Waals surface area contributed by atoms with Gasteiger partial charge in [-0.25, -0.2) is 4.39 Å². The van der Waals surface area contributed by atoms with Crippen molar-refractivity contribution in [1.82, 2.24) is 9.71 Å². The Morgan fingerprint density at radius 1 is 1.40 bits per heavy atom. The lowest BCUT2D eigenvalue weighted by atomic mass is 10.2. The summed E-state index contributed by atoms with van der Waals surface area (Å²) in [7, 11) is 7.36. The fourth-order valence-corrected chi connectivity index (χ4v) is 1.13. The Morgan fingerprint density at radius 3 is 2.80 bits per heavy atom. The molecule has 56 valence electrons. The number of rotatable bonds is 0. The molecule has 1 aliphatic heterocycles. The minimum absolute atomic E-state index is 0.365. The Kier molecular flexibility index (Phi) is 2.68. The van der Waals surface area contributed by atoms with Crippen LogP contribution in [0.25, 0.3) is 0 Å². The molecule has 0 aromatic carbocycles. The minimum atomic E-state index is -0.794. The smallest absolute Gasteiger partial charge is 0.182 e. The molecule has 0 spiro atoms. The van der Waals surface area contributed by atoms with Crippen LogP contribution >= 0.6 is 0 Å². The van der Waals surface area contributed by atoms with Crippen molar-refractivity contribution in [3.8, 4) is 0 Å². The highest BCUT2D eigenvalue weighted by Crippen LogP contribution is 2.01. The number of nitrogens with zero attached hydrogens (tertiary/aromatic N) is 2. The second-order valence-electron chi connectivity index (χ2n) is 2.85. The van der Waals surface area contributed by atoms with Crippen molar-refractivity contribution in [2.75, 3.05) is 33.2 Å². The van der Waals surface area contributed by atoms with Gasteiger partial charge >= 0.3 is 0 Å². The molecule has 2 nitrogen and oxygen atoms in total. The van der Waals surface area contributed by atoms with Crippen molar-refractivity contribution in [3.63, 3.8) is 0 Å². The van der Waals surface area contributed by atoms with Crippen LogP contribution in [0.5, 0.6) is 0 Å². The molecule has 10 heavy (non-hydrogen) atoms. The maximum atomic E-state index is 12.8. The molecule has 1 aliphatic rings. The van der Waals surface area contributed by atoms with Gasteiger partial charge in [0.1, 0.15) is 6.17 Å². The van der Waals surface area contributed by atoms with Gasteiger partial charge in [-0.05, 0) is 13.6 Å². The first-order chi connectivity index (χ1) is 4.68. The Balaban J connectivity index is 2.38. The van der Waals surface area contributed by atoms with E-state index in [0.29, 0.717) is 13.1 Å². The van der Waals surface area contributed by atoms with E-state index in [4.69, 9.17) is 7.98 Å². The molecule has 1 heterocycles. The second-order valence-corrected chi connectivity index (χ2v) is 2.85. The van der Waals surface area contributed by atoms with Crippen molar-refractivity contribution in [2.24, 2.45) is 0 Å². The van der Waals surface area contributed by atoms with E-state index in [1.807, 2.05) is 11.9 Å². The zero-order valence-electron chi connectivity index (χ0n) is 6.26. The van der Waals surface area contributed by atoms with E-state index in [1.165, 1.54) is 4.81 Å². The molecule has 4 heteroatoms. The molecule has 0 bridgehead atoms. The molecule has 0 aromatic heterocycles. The van der Waals surface area contributed by atoms with E-state index < -0.39 is 6.17 Å². The fourth-order valence-electron chi connectivity index (χ4n) is 1.13. The molecule has 1 rings (SSSR count). The second kappa shape index (κ2) is 3.35. The summed E-state index contributed by atoms with van der Waals surface area (Å²) in [5.74, 6) is 0. The molecular formula is C6H12BFN2. The number of alkyl halides is 1. The monoisotopic (exact) mass is 142 g/mol. The predicted molar refractivity (Wildman–Crippen MR) is 39.7 cm³/mol. The van der Waals surface area contributed by atoms with Crippen molar-refractivity contribution in [3.05, 3.63) is 0 Å². The van der Waals surface area contributed by atoms with Crippen LogP contribution in [0, 0.1) is 0 Å². The van der Waals surface area contributed by atoms with Crippen molar-refractivity contribution in [1.29, 1.82) is 0 Å². The third-order valence-corrected chi connectivity index (χ3v) is 1.71. The number of hydrogen-bond donors (Lipinski definition) is 0. The normalized spacial score (nSPS) is 32.0. The lowest BCUT2D eigenvalue weighted by Gasteiger charge is -2.13. The van der Waals surface area contributed by atoms with Gasteiger partial charge in [0.15, 0.2) is 7.98 Å². The van der Waals surface area contributed by atoms with Gasteiger partial charge in [-0.2, -0.15) is 0 Å². The van der Waals surface area contributed by atoms with E-state index in [1.54, 1.807) is 0 Å². The molecule has 0 aliphatic carbocycles. The van der Waals surface area contributed by atoms with Crippen LogP contribution in [0.1, 0.15) is 0 Å². The van der Waals surface area contributed by atoms with Crippen LogP contribution in [0.4, 0.5) is 4.39 Å². The number of hydrogen-bond acceptors (Lipinski definition) is 2. The predicted octanol–water partition coefficient (Wildman–Crippen LogP) is -0.345. The molecule has 1 saturated heterocycles. The number of likely N-dealkylation sites (N-methyl/N-ethyl adjacent to an activating group) is 1. The first-order valence-electron chi connectivity index (χ1n) is 3.51. The molecular weight excluding hydrogens is 130 g/mol. The summed E-state index contributed by atoms with van der Waals surface area (Å²) in [5.41, 5.74) is 0. The van der Waals surface area contributed by atoms with Crippen LogP contribution in [-0.4, -0.2) is 57.1 Å². The largest absolute Gasteiger partial charge is 0.350 e.